The van der Waals surface area contributed by atoms with Crippen molar-refractivity contribution < 1.29 is 24.2 Å². The molecule has 0 saturated heterocycles. The van der Waals surface area contributed by atoms with E-state index in [2.05, 4.69) is 36.4 Å². The largest absolute Gasteiger partial charge is 0.493 e. The summed E-state index contributed by atoms with van der Waals surface area (Å²) in [6, 6.07) is 27.4. The number of hydrogen-bond acceptors (Lipinski definition) is 5. The molecule has 1 aliphatic rings. The predicted molar refractivity (Wildman–Crippen MR) is 194 cm³/mol. The van der Waals surface area contributed by atoms with E-state index in [9.17, 15) is 19.5 Å². The molecule has 2 amide bonds. The Balaban J connectivity index is 1.09. The van der Waals surface area contributed by atoms with Crippen LogP contribution in [0.3, 0.4) is 0 Å². The average molecular weight is 671 g/mol. The van der Waals surface area contributed by atoms with Gasteiger partial charge in [-0.2, -0.15) is 5.10 Å². The smallest absolute Gasteiger partial charge is 0.326 e. The SMILES string of the molecule is Cc1cccc(OCCCC(=O)N2CCCc3c(-c4cnn(Cc5cccc(C(=O)NC(Cc6ccccc6)C(=O)O)c5)c4)cccc32)c1C. The van der Waals surface area contributed by atoms with Gasteiger partial charge >= 0.3 is 5.97 Å². The third-order valence-corrected chi connectivity index (χ3v) is 9.26. The van der Waals surface area contributed by atoms with Gasteiger partial charge in [-0.05, 0) is 90.8 Å². The van der Waals surface area contributed by atoms with Crippen molar-refractivity contribution in [1.82, 2.24) is 15.1 Å². The summed E-state index contributed by atoms with van der Waals surface area (Å²) >= 11 is 0. The molecule has 9 nitrogen and oxygen atoms in total. The summed E-state index contributed by atoms with van der Waals surface area (Å²) in [6.07, 6.45) is 6.80. The van der Waals surface area contributed by atoms with Crippen LogP contribution < -0.4 is 15.0 Å². The van der Waals surface area contributed by atoms with Gasteiger partial charge in [0.1, 0.15) is 11.8 Å². The summed E-state index contributed by atoms with van der Waals surface area (Å²) in [4.78, 5) is 40.3. The number of aliphatic carboxylic acids is 1. The van der Waals surface area contributed by atoms with Crippen LogP contribution in [0.25, 0.3) is 11.1 Å². The number of carboxylic acids is 1. The van der Waals surface area contributed by atoms with Crippen molar-refractivity contribution in [1.29, 1.82) is 0 Å². The van der Waals surface area contributed by atoms with E-state index in [1.165, 1.54) is 5.56 Å². The van der Waals surface area contributed by atoms with Crippen molar-refractivity contribution in [3.8, 4) is 16.9 Å². The number of carbonyl (C=O) groups is 3. The fourth-order valence-corrected chi connectivity index (χ4v) is 6.45. The fraction of sp³-hybridized carbons (Fsp3) is 0.268. The molecule has 1 aromatic heterocycles. The molecule has 256 valence electrons. The molecule has 0 radical (unpaired) electrons. The number of aromatic nitrogens is 2. The predicted octanol–water partition coefficient (Wildman–Crippen LogP) is 6.78. The molecule has 2 heterocycles. The lowest BCUT2D eigenvalue weighted by Gasteiger charge is -2.31. The van der Waals surface area contributed by atoms with Crippen molar-refractivity contribution in [2.45, 2.75) is 58.5 Å². The standard InChI is InChI=1S/C41H42N4O5/c1-28-11-6-19-38(29(28)2)50-22-10-20-39(46)45-21-9-17-35-34(16-8-18-37(35)45)33-25-42-44(27-33)26-31-14-7-15-32(23-31)40(47)43-36(41(48)49)24-30-12-4-3-5-13-30/h3-8,11-16,18-19,23,25,27,36H,9-10,17,20-22,24,26H2,1-2H3,(H,43,47)(H,48,49). The molecule has 1 atom stereocenters. The molecule has 0 saturated carbocycles. The lowest BCUT2D eigenvalue weighted by Crippen LogP contribution is -2.42. The minimum absolute atomic E-state index is 0.0991. The van der Waals surface area contributed by atoms with Gasteiger partial charge < -0.3 is 20.1 Å². The van der Waals surface area contributed by atoms with E-state index in [0.29, 0.717) is 38.1 Å². The summed E-state index contributed by atoms with van der Waals surface area (Å²) in [7, 11) is 0. The molecule has 0 aliphatic carbocycles. The molecule has 5 aromatic rings. The van der Waals surface area contributed by atoms with Crippen LogP contribution in [0, 0.1) is 13.8 Å². The minimum atomic E-state index is -1.09. The normalized spacial score (nSPS) is 13.0. The first kappa shape index (κ1) is 34.2. The maximum Gasteiger partial charge on any atom is 0.326 e. The zero-order valence-electron chi connectivity index (χ0n) is 28.5. The second-order valence-corrected chi connectivity index (χ2v) is 12.8. The summed E-state index contributed by atoms with van der Waals surface area (Å²) < 4.78 is 7.81. The van der Waals surface area contributed by atoms with Crippen LogP contribution in [0.15, 0.2) is 103 Å². The molecule has 0 spiro atoms. The Kier molecular flexibility index (Phi) is 10.7. The van der Waals surface area contributed by atoms with E-state index in [1.54, 1.807) is 18.2 Å². The second kappa shape index (κ2) is 15.7. The van der Waals surface area contributed by atoms with Crippen molar-refractivity contribution in [3.63, 3.8) is 0 Å². The van der Waals surface area contributed by atoms with Gasteiger partial charge in [0.05, 0.1) is 19.3 Å². The number of nitrogens with one attached hydrogen (secondary N) is 1. The van der Waals surface area contributed by atoms with Gasteiger partial charge in [0, 0.05) is 42.4 Å². The van der Waals surface area contributed by atoms with E-state index in [4.69, 9.17) is 4.74 Å². The van der Waals surface area contributed by atoms with Gasteiger partial charge in [0.25, 0.3) is 5.91 Å². The number of amides is 2. The first-order chi connectivity index (χ1) is 24.3. The van der Waals surface area contributed by atoms with Crippen LogP contribution in [-0.2, 0) is 29.0 Å². The van der Waals surface area contributed by atoms with Crippen molar-refractivity contribution in [2.75, 3.05) is 18.1 Å². The molecule has 6 rings (SSSR count). The van der Waals surface area contributed by atoms with Crippen LogP contribution in [0.4, 0.5) is 5.69 Å². The molecule has 2 N–H and O–H groups in total. The average Bonchev–Trinajstić information content (AvgIpc) is 3.59. The summed E-state index contributed by atoms with van der Waals surface area (Å²) in [5.41, 5.74) is 8.48. The first-order valence-corrected chi connectivity index (χ1v) is 17.1. The molecule has 1 unspecified atom stereocenters. The number of fused-ring (bicyclic) bond motifs is 1. The second-order valence-electron chi connectivity index (χ2n) is 12.8. The highest BCUT2D eigenvalue weighted by molar-refractivity contribution is 5.97. The third-order valence-electron chi connectivity index (χ3n) is 9.26. The summed E-state index contributed by atoms with van der Waals surface area (Å²) in [5.74, 6) is -0.564. The number of hydrogen-bond donors (Lipinski definition) is 2. The summed E-state index contributed by atoms with van der Waals surface area (Å²) in [6.45, 7) is 5.72. The van der Waals surface area contributed by atoms with E-state index in [-0.39, 0.29) is 12.3 Å². The Bertz CT molecular complexity index is 1990. The Morgan fingerprint density at radius 2 is 1.72 bits per heavy atom. The van der Waals surface area contributed by atoms with Crippen molar-refractivity contribution in [3.05, 3.63) is 137 Å². The van der Waals surface area contributed by atoms with Gasteiger partial charge in [-0.25, -0.2) is 4.79 Å². The lowest BCUT2D eigenvalue weighted by molar-refractivity contribution is -0.139. The topological polar surface area (TPSA) is 114 Å². The molecule has 50 heavy (non-hydrogen) atoms. The number of carbonyl (C=O) groups excluding carboxylic acids is 2. The van der Waals surface area contributed by atoms with Gasteiger partial charge in [0.15, 0.2) is 0 Å². The van der Waals surface area contributed by atoms with E-state index in [0.717, 1.165) is 57.7 Å². The highest BCUT2D eigenvalue weighted by atomic mass is 16.5. The zero-order chi connectivity index (χ0) is 35.0. The van der Waals surface area contributed by atoms with Gasteiger partial charge in [-0.3, -0.25) is 14.3 Å². The quantitative estimate of drug-likeness (QED) is 0.134. The highest BCUT2D eigenvalue weighted by Crippen LogP contribution is 2.36. The molecule has 0 fully saturated rings. The summed E-state index contributed by atoms with van der Waals surface area (Å²) in [5, 5.41) is 17.0. The number of rotatable bonds is 13. The van der Waals surface area contributed by atoms with E-state index < -0.39 is 17.9 Å². The maximum atomic E-state index is 13.4. The molecular weight excluding hydrogens is 628 g/mol. The lowest BCUT2D eigenvalue weighted by atomic mass is 9.93. The number of anilines is 1. The molecular formula is C41H42N4O5. The van der Waals surface area contributed by atoms with E-state index in [1.807, 2.05) is 82.6 Å². The van der Waals surface area contributed by atoms with Crippen molar-refractivity contribution in [2.24, 2.45) is 0 Å². The van der Waals surface area contributed by atoms with Crippen LogP contribution in [0.1, 0.15) is 57.4 Å². The Hall–Kier alpha value is -5.70. The number of nitrogens with zero attached hydrogens (tertiary/aromatic N) is 3. The van der Waals surface area contributed by atoms with Gasteiger partial charge in [-0.1, -0.05) is 66.7 Å². The third kappa shape index (κ3) is 8.11. The molecule has 4 aromatic carbocycles. The van der Waals surface area contributed by atoms with E-state index >= 15 is 0 Å². The Morgan fingerprint density at radius 3 is 2.54 bits per heavy atom. The monoisotopic (exact) mass is 670 g/mol. The molecule has 9 heteroatoms. The van der Waals surface area contributed by atoms with Crippen molar-refractivity contribution >= 4 is 23.5 Å². The molecule has 0 bridgehead atoms. The molecule has 1 aliphatic heterocycles. The number of aryl methyl sites for hydroxylation is 1. The number of benzene rings is 4. The van der Waals surface area contributed by atoms with Gasteiger partial charge in [-0.15, -0.1) is 0 Å². The van der Waals surface area contributed by atoms with Gasteiger partial charge in [0.2, 0.25) is 5.91 Å². The number of ether oxygens (including phenoxy) is 1. The minimum Gasteiger partial charge on any atom is -0.493 e. The van der Waals surface area contributed by atoms with Crippen LogP contribution in [-0.4, -0.2) is 51.9 Å². The number of carboxylic acid groups (broad SMARTS) is 1. The maximum absolute atomic E-state index is 13.4. The van der Waals surface area contributed by atoms with Crippen LogP contribution >= 0.6 is 0 Å². The Morgan fingerprint density at radius 1 is 0.940 bits per heavy atom. The Labute approximate surface area is 292 Å². The first-order valence-electron chi connectivity index (χ1n) is 17.1. The fourth-order valence-electron chi connectivity index (χ4n) is 6.45. The highest BCUT2D eigenvalue weighted by Gasteiger charge is 2.25. The zero-order valence-corrected chi connectivity index (χ0v) is 28.5. The van der Waals surface area contributed by atoms with Crippen LogP contribution in [0.2, 0.25) is 0 Å². The van der Waals surface area contributed by atoms with Crippen LogP contribution in [0.5, 0.6) is 5.75 Å².